The SMILES string of the molecule is CC[C@@H](C)NC(=O)COC(=O)Cn1cnc2c1c(=O)n(C)c(=O)n2C. The Kier molecular flexibility index (Phi) is 5.40. The van der Waals surface area contributed by atoms with Gasteiger partial charge in [-0.15, -0.1) is 0 Å². The van der Waals surface area contributed by atoms with Crippen LogP contribution in [0, 0.1) is 0 Å². The Hall–Kier alpha value is -2.91. The fourth-order valence-corrected chi connectivity index (χ4v) is 2.27. The predicted molar refractivity (Wildman–Crippen MR) is 89.1 cm³/mol. The number of nitrogens with zero attached hydrogens (tertiary/aromatic N) is 4. The molecule has 0 radical (unpaired) electrons. The van der Waals surface area contributed by atoms with Gasteiger partial charge in [0.05, 0.1) is 6.33 Å². The molecule has 0 spiro atoms. The molecule has 0 aromatic carbocycles. The molecule has 0 saturated carbocycles. The number of amides is 1. The molecule has 136 valence electrons. The molecule has 2 aromatic rings. The lowest BCUT2D eigenvalue weighted by atomic mass is 10.2. The van der Waals surface area contributed by atoms with Crippen molar-refractivity contribution in [2.75, 3.05) is 6.61 Å². The first-order valence-electron chi connectivity index (χ1n) is 7.82. The first kappa shape index (κ1) is 18.4. The van der Waals surface area contributed by atoms with Crippen LogP contribution in [0.1, 0.15) is 20.3 Å². The number of aryl methyl sites for hydroxylation is 1. The van der Waals surface area contributed by atoms with Crippen LogP contribution in [0.2, 0.25) is 0 Å². The Morgan fingerprint density at radius 2 is 1.96 bits per heavy atom. The van der Waals surface area contributed by atoms with E-state index in [1.807, 2.05) is 13.8 Å². The third-order valence-electron chi connectivity index (χ3n) is 3.90. The first-order valence-corrected chi connectivity index (χ1v) is 7.82. The smallest absolute Gasteiger partial charge is 0.332 e. The van der Waals surface area contributed by atoms with Gasteiger partial charge >= 0.3 is 11.7 Å². The van der Waals surface area contributed by atoms with Crippen LogP contribution in [0.15, 0.2) is 15.9 Å². The van der Waals surface area contributed by atoms with Crippen molar-refractivity contribution in [1.29, 1.82) is 0 Å². The van der Waals surface area contributed by atoms with Crippen molar-refractivity contribution in [2.24, 2.45) is 14.1 Å². The van der Waals surface area contributed by atoms with Crippen molar-refractivity contribution in [2.45, 2.75) is 32.9 Å². The summed E-state index contributed by atoms with van der Waals surface area (Å²) in [6.07, 6.45) is 2.05. The van der Waals surface area contributed by atoms with E-state index in [2.05, 4.69) is 10.3 Å². The van der Waals surface area contributed by atoms with Gasteiger partial charge in [0.25, 0.3) is 11.5 Å². The lowest BCUT2D eigenvalue weighted by Crippen LogP contribution is -2.38. The Morgan fingerprint density at radius 3 is 2.60 bits per heavy atom. The zero-order valence-electron chi connectivity index (χ0n) is 14.6. The summed E-state index contributed by atoms with van der Waals surface area (Å²) in [6.45, 7) is 3.08. The number of hydrogen-bond donors (Lipinski definition) is 1. The lowest BCUT2D eigenvalue weighted by molar-refractivity contribution is -0.149. The number of rotatable bonds is 6. The number of carbonyl (C=O) groups is 2. The molecule has 2 rings (SSSR count). The number of nitrogens with one attached hydrogen (secondary N) is 1. The molecule has 1 amide bonds. The largest absolute Gasteiger partial charge is 0.454 e. The first-order chi connectivity index (χ1) is 11.8. The van der Waals surface area contributed by atoms with Crippen molar-refractivity contribution < 1.29 is 14.3 Å². The number of ether oxygens (including phenoxy) is 1. The maximum absolute atomic E-state index is 12.3. The molecule has 10 nitrogen and oxygen atoms in total. The normalized spacial score (nSPS) is 12.2. The van der Waals surface area contributed by atoms with E-state index in [4.69, 9.17) is 4.74 Å². The van der Waals surface area contributed by atoms with Crippen molar-refractivity contribution in [1.82, 2.24) is 24.0 Å². The number of aromatic nitrogens is 4. The molecule has 0 bridgehead atoms. The van der Waals surface area contributed by atoms with E-state index in [-0.39, 0.29) is 23.8 Å². The van der Waals surface area contributed by atoms with Gasteiger partial charge in [-0.1, -0.05) is 6.92 Å². The highest BCUT2D eigenvalue weighted by Gasteiger charge is 2.17. The summed E-state index contributed by atoms with van der Waals surface area (Å²) in [4.78, 5) is 51.7. The van der Waals surface area contributed by atoms with E-state index in [1.165, 1.54) is 29.6 Å². The minimum absolute atomic E-state index is 0.00639. The second-order valence-corrected chi connectivity index (χ2v) is 5.79. The van der Waals surface area contributed by atoms with Gasteiger partial charge in [0.1, 0.15) is 6.54 Å². The van der Waals surface area contributed by atoms with Crippen molar-refractivity contribution in [3.63, 3.8) is 0 Å². The molecule has 0 aliphatic heterocycles. The highest BCUT2D eigenvalue weighted by molar-refractivity contribution is 5.81. The van der Waals surface area contributed by atoms with Gasteiger partial charge in [-0.3, -0.25) is 23.5 Å². The molecule has 25 heavy (non-hydrogen) atoms. The predicted octanol–water partition coefficient (Wildman–Crippen LogP) is -1.11. The summed E-state index contributed by atoms with van der Waals surface area (Å²) in [5.74, 6) is -1.08. The van der Waals surface area contributed by atoms with Crippen LogP contribution in [0.4, 0.5) is 0 Å². The third kappa shape index (κ3) is 3.78. The summed E-state index contributed by atoms with van der Waals surface area (Å²) in [5, 5.41) is 2.68. The van der Waals surface area contributed by atoms with Crippen LogP contribution in [0.5, 0.6) is 0 Å². The van der Waals surface area contributed by atoms with E-state index in [1.54, 1.807) is 0 Å². The number of carbonyl (C=O) groups excluding carboxylic acids is 2. The van der Waals surface area contributed by atoms with Crippen LogP contribution < -0.4 is 16.6 Å². The van der Waals surface area contributed by atoms with Gasteiger partial charge < -0.3 is 14.6 Å². The van der Waals surface area contributed by atoms with Gasteiger partial charge in [0, 0.05) is 20.1 Å². The Balaban J connectivity index is 2.13. The van der Waals surface area contributed by atoms with Gasteiger partial charge in [0.15, 0.2) is 17.8 Å². The maximum atomic E-state index is 12.3. The summed E-state index contributed by atoms with van der Waals surface area (Å²) >= 11 is 0. The fraction of sp³-hybridized carbons (Fsp3) is 0.533. The molecule has 0 aliphatic rings. The second-order valence-electron chi connectivity index (χ2n) is 5.79. The van der Waals surface area contributed by atoms with E-state index in [0.29, 0.717) is 0 Å². The molecular formula is C15H21N5O5. The summed E-state index contributed by atoms with van der Waals surface area (Å²) in [6, 6.07) is -0.00639. The average molecular weight is 351 g/mol. The third-order valence-corrected chi connectivity index (χ3v) is 3.90. The number of esters is 1. The maximum Gasteiger partial charge on any atom is 0.332 e. The van der Waals surface area contributed by atoms with Gasteiger partial charge in [-0.25, -0.2) is 9.78 Å². The Bertz CT molecular complexity index is 923. The molecular weight excluding hydrogens is 330 g/mol. The monoisotopic (exact) mass is 351 g/mol. The quantitative estimate of drug-likeness (QED) is 0.660. The number of fused-ring (bicyclic) bond motifs is 1. The number of imidazole rings is 1. The lowest BCUT2D eigenvalue weighted by Gasteiger charge is -2.11. The topological polar surface area (TPSA) is 117 Å². The Labute approximate surface area is 143 Å². The standard InChI is InChI=1S/C15H21N5O5/c1-5-9(2)17-10(21)7-25-11(22)6-20-8-16-13-12(20)14(23)19(4)15(24)18(13)3/h8-9H,5-7H2,1-4H3,(H,17,21)/t9-/m1/s1. The van der Waals surface area contributed by atoms with E-state index in [9.17, 15) is 19.2 Å². The Morgan fingerprint density at radius 1 is 1.28 bits per heavy atom. The van der Waals surface area contributed by atoms with Crippen molar-refractivity contribution in [3.8, 4) is 0 Å². The van der Waals surface area contributed by atoms with Gasteiger partial charge in [-0.2, -0.15) is 0 Å². The molecule has 0 unspecified atom stereocenters. The number of hydrogen-bond acceptors (Lipinski definition) is 6. The summed E-state index contributed by atoms with van der Waals surface area (Å²) < 4.78 is 8.37. The molecule has 1 N–H and O–H groups in total. The summed E-state index contributed by atoms with van der Waals surface area (Å²) in [5.41, 5.74) is -0.772. The highest BCUT2D eigenvalue weighted by atomic mass is 16.5. The van der Waals surface area contributed by atoms with Gasteiger partial charge in [0.2, 0.25) is 0 Å². The van der Waals surface area contributed by atoms with Crippen LogP contribution >= 0.6 is 0 Å². The zero-order chi connectivity index (χ0) is 18.7. The fourth-order valence-electron chi connectivity index (χ4n) is 2.27. The van der Waals surface area contributed by atoms with Crippen molar-refractivity contribution >= 4 is 23.0 Å². The van der Waals surface area contributed by atoms with Crippen LogP contribution in [0.25, 0.3) is 11.2 Å². The minimum atomic E-state index is -0.686. The summed E-state index contributed by atoms with van der Waals surface area (Å²) in [7, 11) is 2.83. The molecule has 0 saturated heterocycles. The second kappa shape index (κ2) is 7.32. The molecule has 0 aliphatic carbocycles. The van der Waals surface area contributed by atoms with Crippen LogP contribution in [-0.2, 0) is 35.0 Å². The van der Waals surface area contributed by atoms with Crippen LogP contribution in [0.3, 0.4) is 0 Å². The zero-order valence-corrected chi connectivity index (χ0v) is 14.6. The van der Waals surface area contributed by atoms with E-state index >= 15 is 0 Å². The molecule has 10 heteroatoms. The van der Waals surface area contributed by atoms with Crippen LogP contribution in [-0.4, -0.2) is 43.2 Å². The van der Waals surface area contributed by atoms with E-state index < -0.39 is 29.7 Å². The van der Waals surface area contributed by atoms with Gasteiger partial charge in [-0.05, 0) is 13.3 Å². The molecule has 1 atom stereocenters. The molecule has 2 heterocycles. The highest BCUT2D eigenvalue weighted by Crippen LogP contribution is 2.05. The van der Waals surface area contributed by atoms with E-state index in [0.717, 1.165) is 11.0 Å². The van der Waals surface area contributed by atoms with Crippen molar-refractivity contribution in [3.05, 3.63) is 27.2 Å². The molecule has 0 fully saturated rings. The molecule has 2 aromatic heterocycles. The average Bonchev–Trinajstić information content (AvgIpc) is 2.99. The minimum Gasteiger partial charge on any atom is -0.454 e.